The van der Waals surface area contributed by atoms with Gasteiger partial charge in [0.2, 0.25) is 15.9 Å². The van der Waals surface area contributed by atoms with Crippen LogP contribution in [0.5, 0.6) is 0 Å². The molecule has 1 aromatic heterocycles. The summed E-state index contributed by atoms with van der Waals surface area (Å²) in [7, 11) is -3.63. The molecule has 0 aromatic carbocycles. The Labute approximate surface area is 130 Å². The molecule has 1 saturated heterocycles. The van der Waals surface area contributed by atoms with Crippen LogP contribution >= 0.6 is 0 Å². The van der Waals surface area contributed by atoms with Crippen LogP contribution in [0.1, 0.15) is 37.2 Å². The molecule has 1 aromatic rings. The van der Waals surface area contributed by atoms with Crippen molar-refractivity contribution in [1.82, 2.24) is 9.71 Å². The van der Waals surface area contributed by atoms with Crippen LogP contribution in [0.4, 0.5) is 0 Å². The standard InChI is InChI=1S/C15H20N2O4S/c18-15(14-8-13(14)11-4-3-6-16-9-11)17-22(19,20)10-12-5-1-2-7-21-12/h3-4,6,9,12-14H,1-2,5,7-8,10H2,(H,17,18)/t12-,13-,14+/m0/s1. The number of ether oxygens (including phenoxy) is 1. The number of carbonyl (C=O) groups is 1. The molecule has 7 heteroatoms. The van der Waals surface area contributed by atoms with Crippen molar-refractivity contribution in [3.63, 3.8) is 0 Å². The van der Waals surface area contributed by atoms with Crippen LogP contribution in [-0.4, -0.2) is 37.8 Å². The Kier molecular flexibility index (Phi) is 4.44. The molecular weight excluding hydrogens is 304 g/mol. The molecule has 0 radical (unpaired) electrons. The van der Waals surface area contributed by atoms with Gasteiger partial charge in [-0.15, -0.1) is 0 Å². The summed E-state index contributed by atoms with van der Waals surface area (Å²) in [6.07, 6.45) is 6.45. The van der Waals surface area contributed by atoms with Crippen LogP contribution < -0.4 is 4.72 Å². The molecule has 2 fully saturated rings. The molecule has 1 N–H and O–H groups in total. The van der Waals surface area contributed by atoms with Gasteiger partial charge < -0.3 is 4.74 Å². The van der Waals surface area contributed by atoms with E-state index in [2.05, 4.69) is 9.71 Å². The minimum Gasteiger partial charge on any atom is -0.377 e. The van der Waals surface area contributed by atoms with Gasteiger partial charge in [-0.1, -0.05) is 6.07 Å². The zero-order valence-electron chi connectivity index (χ0n) is 12.3. The summed E-state index contributed by atoms with van der Waals surface area (Å²) in [4.78, 5) is 16.1. The number of sulfonamides is 1. The maximum atomic E-state index is 12.1. The molecule has 6 nitrogen and oxygen atoms in total. The summed E-state index contributed by atoms with van der Waals surface area (Å²) in [6, 6.07) is 3.73. The average Bonchev–Trinajstić information content (AvgIpc) is 3.29. The van der Waals surface area contributed by atoms with E-state index >= 15 is 0 Å². The van der Waals surface area contributed by atoms with E-state index in [0.29, 0.717) is 13.0 Å². The first-order chi connectivity index (χ1) is 10.6. The van der Waals surface area contributed by atoms with Crippen LogP contribution in [0.2, 0.25) is 0 Å². The molecule has 1 amide bonds. The van der Waals surface area contributed by atoms with E-state index in [-0.39, 0.29) is 23.7 Å². The maximum Gasteiger partial charge on any atom is 0.237 e. The average molecular weight is 324 g/mol. The monoisotopic (exact) mass is 324 g/mol. The third-order valence-electron chi connectivity index (χ3n) is 4.18. The van der Waals surface area contributed by atoms with Crippen molar-refractivity contribution in [2.24, 2.45) is 5.92 Å². The highest BCUT2D eigenvalue weighted by Gasteiger charge is 2.45. The largest absolute Gasteiger partial charge is 0.377 e. The van der Waals surface area contributed by atoms with Gasteiger partial charge in [-0.25, -0.2) is 8.42 Å². The Morgan fingerprint density at radius 2 is 2.27 bits per heavy atom. The number of rotatable bonds is 5. The van der Waals surface area contributed by atoms with E-state index in [1.165, 1.54) is 0 Å². The highest BCUT2D eigenvalue weighted by atomic mass is 32.2. The fraction of sp³-hybridized carbons (Fsp3) is 0.600. The van der Waals surface area contributed by atoms with Crippen LogP contribution in [0, 0.1) is 5.92 Å². The van der Waals surface area contributed by atoms with Crippen LogP contribution in [-0.2, 0) is 19.6 Å². The third kappa shape index (κ3) is 3.84. The molecule has 3 atom stereocenters. The normalized spacial score (nSPS) is 28.1. The lowest BCUT2D eigenvalue weighted by Gasteiger charge is -2.22. The predicted molar refractivity (Wildman–Crippen MR) is 80.6 cm³/mol. The second-order valence-electron chi connectivity index (χ2n) is 5.97. The van der Waals surface area contributed by atoms with Crippen molar-refractivity contribution in [3.8, 4) is 0 Å². The zero-order valence-corrected chi connectivity index (χ0v) is 13.1. The number of amides is 1. The van der Waals surface area contributed by atoms with Gasteiger partial charge in [0.05, 0.1) is 11.9 Å². The molecule has 22 heavy (non-hydrogen) atoms. The van der Waals surface area contributed by atoms with Gasteiger partial charge in [0.25, 0.3) is 0 Å². The number of nitrogens with zero attached hydrogens (tertiary/aromatic N) is 1. The summed E-state index contributed by atoms with van der Waals surface area (Å²) < 4.78 is 31.7. The third-order valence-corrected chi connectivity index (χ3v) is 5.50. The molecule has 1 saturated carbocycles. The smallest absolute Gasteiger partial charge is 0.237 e. The van der Waals surface area contributed by atoms with Gasteiger partial charge in [0.15, 0.2) is 0 Å². The fourth-order valence-corrected chi connectivity index (χ4v) is 4.20. The van der Waals surface area contributed by atoms with E-state index in [0.717, 1.165) is 24.8 Å². The molecule has 2 aliphatic rings. The highest BCUT2D eigenvalue weighted by Crippen LogP contribution is 2.47. The quantitative estimate of drug-likeness (QED) is 0.879. The van der Waals surface area contributed by atoms with Crippen molar-refractivity contribution in [1.29, 1.82) is 0 Å². The first-order valence-corrected chi connectivity index (χ1v) is 9.26. The van der Waals surface area contributed by atoms with Gasteiger partial charge in [-0.2, -0.15) is 0 Å². The summed E-state index contributed by atoms with van der Waals surface area (Å²) in [5.41, 5.74) is 0.982. The van der Waals surface area contributed by atoms with E-state index in [1.54, 1.807) is 12.4 Å². The molecule has 0 spiro atoms. The van der Waals surface area contributed by atoms with E-state index < -0.39 is 15.9 Å². The lowest BCUT2D eigenvalue weighted by atomic mass is 10.1. The van der Waals surface area contributed by atoms with Gasteiger partial charge in [0, 0.05) is 24.9 Å². The summed E-state index contributed by atoms with van der Waals surface area (Å²) in [6.45, 7) is 0.597. The zero-order chi connectivity index (χ0) is 15.6. The molecule has 0 unspecified atom stereocenters. The van der Waals surface area contributed by atoms with Gasteiger partial charge in [-0.05, 0) is 43.2 Å². The van der Waals surface area contributed by atoms with Crippen molar-refractivity contribution >= 4 is 15.9 Å². The lowest BCUT2D eigenvalue weighted by Crippen LogP contribution is -2.39. The van der Waals surface area contributed by atoms with Crippen LogP contribution in [0.25, 0.3) is 0 Å². The number of hydrogen-bond donors (Lipinski definition) is 1. The summed E-state index contributed by atoms with van der Waals surface area (Å²) >= 11 is 0. The minimum atomic E-state index is -3.63. The summed E-state index contributed by atoms with van der Waals surface area (Å²) in [5.74, 6) is -0.742. The fourth-order valence-electron chi connectivity index (χ4n) is 2.90. The van der Waals surface area contributed by atoms with Crippen molar-refractivity contribution in [2.45, 2.75) is 37.7 Å². The number of pyridine rings is 1. The second kappa shape index (κ2) is 6.34. The molecule has 120 valence electrons. The maximum absolute atomic E-state index is 12.1. The van der Waals surface area contributed by atoms with Gasteiger partial charge >= 0.3 is 0 Å². The van der Waals surface area contributed by atoms with Crippen LogP contribution in [0.3, 0.4) is 0 Å². The SMILES string of the molecule is O=C(NS(=O)(=O)C[C@@H]1CCCCO1)[C@@H]1C[C@H]1c1cccnc1. The molecule has 3 rings (SSSR count). The van der Waals surface area contributed by atoms with Crippen molar-refractivity contribution in [3.05, 3.63) is 30.1 Å². The van der Waals surface area contributed by atoms with Gasteiger partial charge in [0.1, 0.15) is 0 Å². The molecule has 0 bridgehead atoms. The summed E-state index contributed by atoms with van der Waals surface area (Å²) in [5, 5.41) is 0. The number of nitrogens with one attached hydrogen (secondary N) is 1. The lowest BCUT2D eigenvalue weighted by molar-refractivity contribution is -0.120. The van der Waals surface area contributed by atoms with E-state index in [4.69, 9.17) is 4.74 Å². The number of hydrogen-bond acceptors (Lipinski definition) is 5. The molecule has 1 aliphatic carbocycles. The van der Waals surface area contributed by atoms with Crippen molar-refractivity contribution in [2.75, 3.05) is 12.4 Å². The molecular formula is C15H20N2O4S. The van der Waals surface area contributed by atoms with Gasteiger partial charge in [-0.3, -0.25) is 14.5 Å². The topological polar surface area (TPSA) is 85.4 Å². The van der Waals surface area contributed by atoms with Crippen molar-refractivity contribution < 1.29 is 17.9 Å². The second-order valence-corrected chi connectivity index (χ2v) is 7.74. The minimum absolute atomic E-state index is 0.0785. The Hall–Kier alpha value is -1.47. The molecule has 1 aliphatic heterocycles. The Balaban J connectivity index is 1.53. The number of carbonyl (C=O) groups excluding carboxylic acids is 1. The first kappa shape index (κ1) is 15.4. The Morgan fingerprint density at radius 1 is 1.41 bits per heavy atom. The highest BCUT2D eigenvalue weighted by molar-refractivity contribution is 7.90. The Bertz CT molecular complexity index is 626. The van der Waals surface area contributed by atoms with Crippen LogP contribution in [0.15, 0.2) is 24.5 Å². The van der Waals surface area contributed by atoms with E-state index in [9.17, 15) is 13.2 Å². The van der Waals surface area contributed by atoms with E-state index in [1.807, 2.05) is 12.1 Å². The first-order valence-electron chi connectivity index (χ1n) is 7.61. The number of aromatic nitrogens is 1. The molecule has 2 heterocycles. The Morgan fingerprint density at radius 3 is 2.95 bits per heavy atom. The predicted octanol–water partition coefficient (Wildman–Crippen LogP) is 1.20.